The highest BCUT2D eigenvalue weighted by Gasteiger charge is 2.49. The summed E-state index contributed by atoms with van der Waals surface area (Å²) in [5, 5.41) is 12.2. The molecule has 1 aliphatic carbocycles. The number of amides is 2. The average Bonchev–Trinajstić information content (AvgIpc) is 3.05. The van der Waals surface area contributed by atoms with E-state index < -0.39 is 12.0 Å². The van der Waals surface area contributed by atoms with E-state index in [1.54, 1.807) is 12.3 Å². The zero-order chi connectivity index (χ0) is 14.8. The Morgan fingerprint density at radius 1 is 1.43 bits per heavy atom. The molecular formula is C14H18N4O3. The van der Waals surface area contributed by atoms with Gasteiger partial charge in [0.15, 0.2) is 0 Å². The van der Waals surface area contributed by atoms with E-state index in [2.05, 4.69) is 15.3 Å². The summed E-state index contributed by atoms with van der Waals surface area (Å²) in [6.07, 6.45) is 6.01. The van der Waals surface area contributed by atoms with Crippen molar-refractivity contribution in [2.45, 2.75) is 31.8 Å². The molecule has 21 heavy (non-hydrogen) atoms. The van der Waals surface area contributed by atoms with Crippen molar-refractivity contribution in [3.8, 4) is 0 Å². The van der Waals surface area contributed by atoms with Crippen molar-refractivity contribution in [3.05, 3.63) is 24.3 Å². The van der Waals surface area contributed by atoms with Gasteiger partial charge in [-0.1, -0.05) is 6.42 Å². The van der Waals surface area contributed by atoms with Crippen LogP contribution in [0.25, 0.3) is 0 Å². The van der Waals surface area contributed by atoms with Crippen LogP contribution in [0.15, 0.2) is 18.6 Å². The molecule has 3 rings (SSSR count). The maximum atomic E-state index is 12.3. The second-order valence-electron chi connectivity index (χ2n) is 5.65. The molecule has 1 aliphatic heterocycles. The van der Waals surface area contributed by atoms with Gasteiger partial charge < -0.3 is 15.3 Å². The Kier molecular flexibility index (Phi) is 3.72. The third-order valence-electron chi connectivity index (χ3n) is 4.47. The van der Waals surface area contributed by atoms with E-state index in [1.165, 1.54) is 11.2 Å². The van der Waals surface area contributed by atoms with Crippen LogP contribution in [0.3, 0.4) is 0 Å². The predicted octanol–water partition coefficient (Wildman–Crippen LogP) is 0.871. The summed E-state index contributed by atoms with van der Waals surface area (Å²) in [4.78, 5) is 33.1. The highest BCUT2D eigenvalue weighted by molar-refractivity contribution is 5.83. The van der Waals surface area contributed by atoms with Gasteiger partial charge in [-0.3, -0.25) is 0 Å². The third-order valence-corrected chi connectivity index (χ3v) is 4.47. The van der Waals surface area contributed by atoms with E-state index in [1.807, 2.05) is 0 Å². The molecule has 0 radical (unpaired) electrons. The van der Waals surface area contributed by atoms with E-state index in [4.69, 9.17) is 0 Å². The molecule has 2 fully saturated rings. The summed E-state index contributed by atoms with van der Waals surface area (Å²) in [7, 11) is 0. The monoisotopic (exact) mass is 290 g/mol. The SMILES string of the molecule is O=C(O)C1C2CCCC2CN1C(=O)NCc1ccncn1. The molecule has 7 heteroatoms. The standard InChI is InChI=1S/C14H18N4O3/c19-13(20)12-11-3-1-2-9(11)7-18(12)14(21)16-6-10-4-5-15-8-17-10/h4-5,8-9,11-12H,1-3,6-7H2,(H,16,21)(H,19,20). The van der Waals surface area contributed by atoms with Crippen molar-refractivity contribution in [1.82, 2.24) is 20.2 Å². The maximum absolute atomic E-state index is 12.3. The van der Waals surface area contributed by atoms with E-state index in [9.17, 15) is 14.7 Å². The number of aromatic nitrogens is 2. The first-order valence-electron chi connectivity index (χ1n) is 7.19. The van der Waals surface area contributed by atoms with E-state index in [-0.39, 0.29) is 18.5 Å². The Balaban J connectivity index is 1.65. The van der Waals surface area contributed by atoms with Gasteiger partial charge in [-0.15, -0.1) is 0 Å². The molecule has 1 aromatic rings. The Bertz CT molecular complexity index is 536. The van der Waals surface area contributed by atoms with Crippen LogP contribution >= 0.6 is 0 Å². The van der Waals surface area contributed by atoms with Gasteiger partial charge in [-0.25, -0.2) is 19.6 Å². The number of nitrogens with one attached hydrogen (secondary N) is 1. The first-order valence-corrected chi connectivity index (χ1v) is 7.19. The Morgan fingerprint density at radius 2 is 2.29 bits per heavy atom. The number of rotatable bonds is 3. The van der Waals surface area contributed by atoms with Crippen LogP contribution in [0.4, 0.5) is 4.79 Å². The van der Waals surface area contributed by atoms with Gasteiger partial charge in [-0.2, -0.15) is 0 Å². The summed E-state index contributed by atoms with van der Waals surface area (Å²) < 4.78 is 0. The first kappa shape index (κ1) is 13.8. The minimum absolute atomic E-state index is 0.104. The summed E-state index contributed by atoms with van der Waals surface area (Å²) in [6, 6.07) is 0.700. The van der Waals surface area contributed by atoms with Crippen LogP contribution in [-0.4, -0.2) is 44.6 Å². The van der Waals surface area contributed by atoms with Gasteiger partial charge in [0.05, 0.1) is 12.2 Å². The molecule has 1 saturated carbocycles. The molecule has 2 N–H and O–H groups in total. The number of carboxylic acid groups (broad SMARTS) is 1. The lowest BCUT2D eigenvalue weighted by molar-refractivity contribution is -0.142. The summed E-state index contributed by atoms with van der Waals surface area (Å²) in [5.74, 6) is -0.468. The van der Waals surface area contributed by atoms with Crippen molar-refractivity contribution in [1.29, 1.82) is 0 Å². The number of carboxylic acids is 1. The van der Waals surface area contributed by atoms with Gasteiger partial charge in [0.1, 0.15) is 12.4 Å². The number of urea groups is 1. The van der Waals surface area contributed by atoms with Crippen molar-refractivity contribution in [2.24, 2.45) is 11.8 Å². The number of hydrogen-bond acceptors (Lipinski definition) is 4. The lowest BCUT2D eigenvalue weighted by atomic mass is 9.94. The second-order valence-corrected chi connectivity index (χ2v) is 5.65. The second kappa shape index (κ2) is 5.67. The molecule has 1 aromatic heterocycles. The molecular weight excluding hydrogens is 272 g/mol. The van der Waals surface area contributed by atoms with Crippen LogP contribution in [0.1, 0.15) is 25.0 Å². The fraction of sp³-hybridized carbons (Fsp3) is 0.571. The summed E-state index contributed by atoms with van der Waals surface area (Å²) >= 11 is 0. The van der Waals surface area contributed by atoms with Crippen LogP contribution < -0.4 is 5.32 Å². The topological polar surface area (TPSA) is 95.4 Å². The molecule has 2 aliphatic rings. The van der Waals surface area contributed by atoms with Crippen LogP contribution in [0.2, 0.25) is 0 Å². The molecule has 1 saturated heterocycles. The summed E-state index contributed by atoms with van der Waals surface area (Å²) in [6.45, 7) is 0.816. The van der Waals surface area contributed by atoms with Gasteiger partial charge in [-0.05, 0) is 30.7 Å². The van der Waals surface area contributed by atoms with Crippen LogP contribution in [-0.2, 0) is 11.3 Å². The quantitative estimate of drug-likeness (QED) is 0.861. The van der Waals surface area contributed by atoms with Crippen molar-refractivity contribution in [3.63, 3.8) is 0 Å². The lowest BCUT2D eigenvalue weighted by Crippen LogP contribution is -2.47. The van der Waals surface area contributed by atoms with Crippen molar-refractivity contribution in [2.75, 3.05) is 6.54 Å². The van der Waals surface area contributed by atoms with E-state index >= 15 is 0 Å². The first-order chi connectivity index (χ1) is 10.2. The minimum atomic E-state index is -0.901. The molecule has 7 nitrogen and oxygen atoms in total. The highest BCUT2D eigenvalue weighted by Crippen LogP contribution is 2.42. The number of aliphatic carboxylic acids is 1. The van der Waals surface area contributed by atoms with Gasteiger partial charge >= 0.3 is 12.0 Å². The zero-order valence-electron chi connectivity index (χ0n) is 11.6. The highest BCUT2D eigenvalue weighted by atomic mass is 16.4. The number of carbonyl (C=O) groups excluding carboxylic acids is 1. The molecule has 3 atom stereocenters. The van der Waals surface area contributed by atoms with Crippen molar-refractivity contribution < 1.29 is 14.7 Å². The fourth-order valence-electron chi connectivity index (χ4n) is 3.52. The molecule has 112 valence electrons. The predicted molar refractivity (Wildman–Crippen MR) is 73.2 cm³/mol. The molecule has 2 heterocycles. The normalized spacial score (nSPS) is 27.4. The Hall–Kier alpha value is -2.18. The fourth-order valence-corrected chi connectivity index (χ4v) is 3.52. The Labute approximate surface area is 122 Å². The zero-order valence-corrected chi connectivity index (χ0v) is 11.6. The summed E-state index contributed by atoms with van der Waals surface area (Å²) in [5.41, 5.74) is 0.699. The van der Waals surface area contributed by atoms with Crippen LogP contribution in [0.5, 0.6) is 0 Å². The van der Waals surface area contributed by atoms with Crippen molar-refractivity contribution >= 4 is 12.0 Å². The molecule has 0 aromatic carbocycles. The van der Waals surface area contributed by atoms with E-state index in [0.717, 1.165) is 19.3 Å². The number of nitrogens with zero attached hydrogens (tertiary/aromatic N) is 3. The van der Waals surface area contributed by atoms with Gasteiger partial charge in [0.2, 0.25) is 0 Å². The van der Waals surface area contributed by atoms with Gasteiger partial charge in [0, 0.05) is 12.7 Å². The van der Waals surface area contributed by atoms with Gasteiger partial charge in [0.25, 0.3) is 0 Å². The average molecular weight is 290 g/mol. The number of carbonyl (C=O) groups is 2. The number of hydrogen-bond donors (Lipinski definition) is 2. The number of fused-ring (bicyclic) bond motifs is 1. The Morgan fingerprint density at radius 3 is 3.00 bits per heavy atom. The molecule has 0 spiro atoms. The molecule has 0 bridgehead atoms. The lowest BCUT2D eigenvalue weighted by Gasteiger charge is -2.24. The smallest absolute Gasteiger partial charge is 0.326 e. The number of likely N-dealkylation sites (tertiary alicyclic amines) is 1. The molecule has 3 unspecified atom stereocenters. The minimum Gasteiger partial charge on any atom is -0.480 e. The van der Waals surface area contributed by atoms with Crippen LogP contribution in [0, 0.1) is 11.8 Å². The maximum Gasteiger partial charge on any atom is 0.326 e. The third kappa shape index (κ3) is 2.68. The van der Waals surface area contributed by atoms with E-state index in [0.29, 0.717) is 18.2 Å². The molecule has 2 amide bonds. The largest absolute Gasteiger partial charge is 0.480 e.